The molecular weight excluding hydrogens is 328 g/mol. The van der Waals surface area contributed by atoms with Crippen molar-refractivity contribution in [2.45, 2.75) is 12.5 Å². The molecule has 1 atom stereocenters. The van der Waals surface area contributed by atoms with Crippen LogP contribution < -0.4 is 5.32 Å². The van der Waals surface area contributed by atoms with E-state index in [1.165, 1.54) is 11.3 Å². The molecule has 0 saturated carbocycles. The standard InChI is InChI=1S/C17H16N2O4S/c20-15(8-12-6-7-24-11-12)18-14(13-4-2-1-3-5-13)9-19-16(21)10-23-17(19)22/h1-7,11,14H,8-10H2,(H,18,20)/t14-/m0/s1. The Morgan fingerprint density at radius 3 is 2.67 bits per heavy atom. The number of amides is 3. The summed E-state index contributed by atoms with van der Waals surface area (Å²) >= 11 is 1.53. The average Bonchev–Trinajstić information content (AvgIpc) is 3.20. The Morgan fingerprint density at radius 1 is 1.25 bits per heavy atom. The minimum atomic E-state index is -0.673. The van der Waals surface area contributed by atoms with Gasteiger partial charge in [-0.3, -0.25) is 9.59 Å². The van der Waals surface area contributed by atoms with Gasteiger partial charge in [0.1, 0.15) is 0 Å². The van der Waals surface area contributed by atoms with E-state index in [1.807, 2.05) is 47.2 Å². The summed E-state index contributed by atoms with van der Waals surface area (Å²) in [7, 11) is 0. The van der Waals surface area contributed by atoms with E-state index >= 15 is 0 Å². The number of cyclic esters (lactones) is 1. The summed E-state index contributed by atoms with van der Waals surface area (Å²) in [5.74, 6) is -0.560. The predicted octanol–water partition coefficient (Wildman–Crippen LogP) is 2.13. The molecule has 124 valence electrons. The molecule has 0 unspecified atom stereocenters. The number of hydrogen-bond donors (Lipinski definition) is 1. The molecule has 0 spiro atoms. The molecule has 1 fully saturated rings. The smallest absolute Gasteiger partial charge is 0.417 e. The van der Waals surface area contributed by atoms with Gasteiger partial charge in [-0.15, -0.1) is 0 Å². The largest absolute Gasteiger partial charge is 0.439 e. The molecule has 1 N–H and O–H groups in total. The van der Waals surface area contributed by atoms with Crippen LogP contribution in [0, 0.1) is 0 Å². The van der Waals surface area contributed by atoms with Gasteiger partial charge in [-0.2, -0.15) is 11.3 Å². The summed E-state index contributed by atoms with van der Waals surface area (Å²) in [5.41, 5.74) is 1.75. The van der Waals surface area contributed by atoms with Crippen molar-refractivity contribution in [3.8, 4) is 0 Å². The first-order valence-electron chi connectivity index (χ1n) is 7.46. The quantitative estimate of drug-likeness (QED) is 0.871. The number of rotatable bonds is 6. The van der Waals surface area contributed by atoms with E-state index in [4.69, 9.17) is 4.74 Å². The molecule has 0 bridgehead atoms. The van der Waals surface area contributed by atoms with Gasteiger partial charge in [0.05, 0.1) is 19.0 Å². The van der Waals surface area contributed by atoms with Gasteiger partial charge >= 0.3 is 6.09 Å². The number of nitrogens with one attached hydrogen (secondary N) is 1. The van der Waals surface area contributed by atoms with Crippen molar-refractivity contribution >= 4 is 29.2 Å². The molecule has 0 aliphatic carbocycles. The lowest BCUT2D eigenvalue weighted by Crippen LogP contribution is -2.40. The lowest BCUT2D eigenvalue weighted by atomic mass is 10.1. The fourth-order valence-corrected chi connectivity index (χ4v) is 3.15. The first-order valence-corrected chi connectivity index (χ1v) is 8.40. The van der Waals surface area contributed by atoms with E-state index in [-0.39, 0.29) is 25.5 Å². The van der Waals surface area contributed by atoms with Gasteiger partial charge in [-0.1, -0.05) is 30.3 Å². The van der Waals surface area contributed by atoms with Crippen LogP contribution in [-0.2, 0) is 20.7 Å². The number of benzene rings is 1. The second-order valence-corrected chi connectivity index (χ2v) is 6.18. The summed E-state index contributed by atoms with van der Waals surface area (Å²) in [4.78, 5) is 36.8. The Morgan fingerprint density at radius 2 is 2.04 bits per heavy atom. The maximum absolute atomic E-state index is 12.3. The lowest BCUT2D eigenvalue weighted by molar-refractivity contribution is -0.127. The number of carbonyl (C=O) groups is 3. The highest BCUT2D eigenvalue weighted by Crippen LogP contribution is 2.18. The Hall–Kier alpha value is -2.67. The fraction of sp³-hybridized carbons (Fsp3) is 0.235. The van der Waals surface area contributed by atoms with Gasteiger partial charge in [0, 0.05) is 0 Å². The third-order valence-corrected chi connectivity index (χ3v) is 4.42. The monoisotopic (exact) mass is 344 g/mol. The molecule has 2 aromatic rings. The molecule has 2 heterocycles. The van der Waals surface area contributed by atoms with Crippen molar-refractivity contribution in [2.75, 3.05) is 13.2 Å². The highest BCUT2D eigenvalue weighted by Gasteiger charge is 2.33. The zero-order valence-electron chi connectivity index (χ0n) is 12.8. The van der Waals surface area contributed by atoms with Crippen LogP contribution in [0.15, 0.2) is 47.2 Å². The molecule has 0 radical (unpaired) electrons. The van der Waals surface area contributed by atoms with Crippen molar-refractivity contribution in [2.24, 2.45) is 0 Å². The summed E-state index contributed by atoms with van der Waals surface area (Å²) < 4.78 is 4.73. The van der Waals surface area contributed by atoms with Crippen LogP contribution in [0.2, 0.25) is 0 Å². The van der Waals surface area contributed by atoms with Gasteiger partial charge in [-0.05, 0) is 28.0 Å². The third kappa shape index (κ3) is 3.80. The Bertz CT molecular complexity index is 714. The molecule has 3 rings (SSSR count). The van der Waals surface area contributed by atoms with Gasteiger partial charge in [0.25, 0.3) is 5.91 Å². The molecule has 6 nitrogen and oxygen atoms in total. The highest BCUT2D eigenvalue weighted by molar-refractivity contribution is 7.08. The second-order valence-electron chi connectivity index (χ2n) is 5.40. The minimum absolute atomic E-state index is 0.0526. The van der Waals surface area contributed by atoms with Crippen molar-refractivity contribution in [1.29, 1.82) is 0 Å². The number of nitrogens with zero attached hydrogens (tertiary/aromatic N) is 1. The van der Waals surface area contributed by atoms with Gasteiger partial charge in [0.2, 0.25) is 5.91 Å². The number of imide groups is 1. The Labute approximate surface area is 143 Å². The van der Waals surface area contributed by atoms with E-state index in [0.717, 1.165) is 16.0 Å². The summed E-state index contributed by atoms with van der Waals surface area (Å²) in [6.07, 6.45) is -0.418. The van der Waals surface area contributed by atoms with Crippen LogP contribution >= 0.6 is 11.3 Å². The number of ether oxygens (including phenoxy) is 1. The molecule has 1 aliphatic rings. The first kappa shape index (κ1) is 16.2. The highest BCUT2D eigenvalue weighted by atomic mass is 32.1. The molecule has 1 saturated heterocycles. The zero-order chi connectivity index (χ0) is 16.9. The van der Waals surface area contributed by atoms with E-state index in [2.05, 4.69) is 5.32 Å². The number of hydrogen-bond acceptors (Lipinski definition) is 5. The lowest BCUT2D eigenvalue weighted by Gasteiger charge is -2.22. The van der Waals surface area contributed by atoms with Crippen LogP contribution in [0.25, 0.3) is 0 Å². The fourth-order valence-electron chi connectivity index (χ4n) is 2.48. The number of thiophene rings is 1. The number of carbonyl (C=O) groups excluding carboxylic acids is 3. The zero-order valence-corrected chi connectivity index (χ0v) is 13.6. The predicted molar refractivity (Wildman–Crippen MR) is 88.4 cm³/mol. The van der Waals surface area contributed by atoms with Gasteiger partial charge in [-0.25, -0.2) is 9.69 Å². The van der Waals surface area contributed by atoms with Gasteiger partial charge in [0.15, 0.2) is 6.61 Å². The van der Waals surface area contributed by atoms with Crippen molar-refractivity contribution in [3.63, 3.8) is 0 Å². The second kappa shape index (κ2) is 7.27. The summed E-state index contributed by atoms with van der Waals surface area (Å²) in [5, 5.41) is 6.73. The van der Waals surface area contributed by atoms with Crippen LogP contribution in [0.1, 0.15) is 17.2 Å². The Kier molecular flexibility index (Phi) is 4.90. The van der Waals surface area contributed by atoms with Crippen molar-refractivity contribution in [3.05, 3.63) is 58.3 Å². The SMILES string of the molecule is O=C(Cc1ccsc1)N[C@@H](CN1C(=O)COC1=O)c1ccccc1. The minimum Gasteiger partial charge on any atom is -0.439 e. The van der Waals surface area contributed by atoms with Gasteiger partial charge < -0.3 is 10.1 Å². The van der Waals surface area contributed by atoms with Crippen LogP contribution in [-0.4, -0.2) is 36.0 Å². The van der Waals surface area contributed by atoms with E-state index in [9.17, 15) is 14.4 Å². The molecule has 1 aromatic heterocycles. The molecular formula is C17H16N2O4S. The van der Waals surface area contributed by atoms with E-state index < -0.39 is 18.0 Å². The maximum Gasteiger partial charge on any atom is 0.417 e. The first-order chi connectivity index (χ1) is 11.6. The van der Waals surface area contributed by atoms with E-state index in [0.29, 0.717) is 0 Å². The van der Waals surface area contributed by atoms with E-state index in [1.54, 1.807) is 0 Å². The normalized spacial score (nSPS) is 15.2. The molecule has 1 aromatic carbocycles. The third-order valence-electron chi connectivity index (χ3n) is 3.69. The van der Waals surface area contributed by atoms with Crippen molar-refractivity contribution in [1.82, 2.24) is 10.2 Å². The van der Waals surface area contributed by atoms with Crippen LogP contribution in [0.4, 0.5) is 4.79 Å². The summed E-state index contributed by atoms with van der Waals surface area (Å²) in [6.45, 7) is -0.194. The Balaban J connectivity index is 1.73. The van der Waals surface area contributed by atoms with Crippen LogP contribution in [0.5, 0.6) is 0 Å². The van der Waals surface area contributed by atoms with Crippen LogP contribution in [0.3, 0.4) is 0 Å². The average molecular weight is 344 g/mol. The topological polar surface area (TPSA) is 75.7 Å². The molecule has 24 heavy (non-hydrogen) atoms. The molecule has 7 heteroatoms. The molecule has 3 amide bonds. The summed E-state index contributed by atoms with van der Waals surface area (Å²) in [6, 6.07) is 10.7. The molecule has 1 aliphatic heterocycles. The maximum atomic E-state index is 12.3. The van der Waals surface area contributed by atoms with Crippen molar-refractivity contribution < 1.29 is 19.1 Å².